The molecule has 1 heterocycles. The van der Waals surface area contributed by atoms with E-state index < -0.39 is 28.1 Å². The lowest BCUT2D eigenvalue weighted by Gasteiger charge is -2.07. The first kappa shape index (κ1) is 16.1. The highest BCUT2D eigenvalue weighted by Crippen LogP contribution is 2.18. The van der Waals surface area contributed by atoms with Crippen LogP contribution in [0.2, 0.25) is 0 Å². The third kappa shape index (κ3) is 3.11. The summed E-state index contributed by atoms with van der Waals surface area (Å²) in [4.78, 5) is 24.2. The van der Waals surface area contributed by atoms with Crippen molar-refractivity contribution in [3.05, 3.63) is 70.3 Å². The molecule has 2 aromatic carbocycles. The first-order valence-electron chi connectivity index (χ1n) is 6.93. The molecule has 7 heteroatoms. The molecule has 3 aromatic rings. The van der Waals surface area contributed by atoms with E-state index in [-0.39, 0.29) is 16.1 Å². The van der Waals surface area contributed by atoms with Crippen LogP contribution >= 0.6 is 0 Å². The fraction of sp³-hybridized carbons (Fsp3) is 0.0588. The topological polar surface area (TPSA) is 76.4 Å². The lowest BCUT2D eigenvalue weighted by atomic mass is 10.1. The summed E-state index contributed by atoms with van der Waals surface area (Å²) in [5.74, 6) is -1.40. The van der Waals surface area contributed by atoms with Crippen LogP contribution in [0.5, 0.6) is 0 Å². The van der Waals surface area contributed by atoms with E-state index >= 15 is 0 Å². The molecular formula is C17H12FNO4S. The van der Waals surface area contributed by atoms with Crippen LogP contribution in [-0.2, 0) is 10.8 Å². The molecule has 0 saturated carbocycles. The van der Waals surface area contributed by atoms with Crippen LogP contribution in [-0.4, -0.2) is 16.4 Å². The minimum Gasteiger partial charge on any atom is -0.422 e. The van der Waals surface area contributed by atoms with Gasteiger partial charge in [-0.2, -0.15) is 0 Å². The van der Waals surface area contributed by atoms with Crippen molar-refractivity contribution in [3.8, 4) is 0 Å². The van der Waals surface area contributed by atoms with E-state index in [1.54, 1.807) is 24.3 Å². The summed E-state index contributed by atoms with van der Waals surface area (Å²) in [6.45, 7) is 0. The lowest BCUT2D eigenvalue weighted by molar-refractivity contribution is 0.102. The highest BCUT2D eigenvalue weighted by molar-refractivity contribution is 7.84. The van der Waals surface area contributed by atoms with Crippen LogP contribution in [0.15, 0.2) is 62.6 Å². The monoisotopic (exact) mass is 345 g/mol. The number of rotatable bonds is 3. The molecule has 1 atom stereocenters. The summed E-state index contributed by atoms with van der Waals surface area (Å²) < 4.78 is 30.2. The largest absolute Gasteiger partial charge is 0.422 e. The smallest absolute Gasteiger partial charge is 0.349 e. The van der Waals surface area contributed by atoms with Gasteiger partial charge in [-0.1, -0.05) is 18.2 Å². The number of nitrogens with one attached hydrogen (secondary N) is 1. The molecule has 0 unspecified atom stereocenters. The van der Waals surface area contributed by atoms with E-state index in [9.17, 15) is 18.2 Å². The predicted molar refractivity (Wildman–Crippen MR) is 89.2 cm³/mol. The van der Waals surface area contributed by atoms with Gasteiger partial charge in [-0.3, -0.25) is 9.00 Å². The number of hydrogen-bond acceptors (Lipinski definition) is 4. The molecule has 0 aliphatic heterocycles. The SMILES string of the molecule is C[S@@](=O)c1ccc(NC(=O)c2cc3ccccc3oc2=O)cc1F. The minimum atomic E-state index is -1.47. The van der Waals surface area contributed by atoms with Crippen molar-refractivity contribution in [2.45, 2.75) is 4.90 Å². The normalized spacial score (nSPS) is 12.1. The van der Waals surface area contributed by atoms with Gasteiger partial charge in [-0.15, -0.1) is 0 Å². The van der Waals surface area contributed by atoms with Crippen molar-refractivity contribution in [2.24, 2.45) is 0 Å². The quantitative estimate of drug-likeness (QED) is 0.741. The number of anilines is 1. The molecule has 122 valence electrons. The molecule has 0 aliphatic carbocycles. The van der Waals surface area contributed by atoms with Gasteiger partial charge in [0.2, 0.25) is 0 Å². The summed E-state index contributed by atoms with van der Waals surface area (Å²) in [6, 6.07) is 12.0. The van der Waals surface area contributed by atoms with Gasteiger partial charge in [0.05, 0.1) is 15.7 Å². The molecule has 0 radical (unpaired) electrons. The number of carbonyl (C=O) groups excluding carboxylic acids is 1. The zero-order valence-corrected chi connectivity index (χ0v) is 13.4. The van der Waals surface area contributed by atoms with Gasteiger partial charge in [0, 0.05) is 17.3 Å². The van der Waals surface area contributed by atoms with Crippen molar-refractivity contribution in [1.82, 2.24) is 0 Å². The molecule has 1 N–H and O–H groups in total. The summed E-state index contributed by atoms with van der Waals surface area (Å²) in [5.41, 5.74) is -0.436. The molecule has 1 aromatic heterocycles. The van der Waals surface area contributed by atoms with Crippen LogP contribution in [0.1, 0.15) is 10.4 Å². The average Bonchev–Trinajstić information content (AvgIpc) is 2.53. The Labute approximate surface area is 138 Å². The number of hydrogen-bond donors (Lipinski definition) is 1. The Balaban J connectivity index is 1.93. The van der Waals surface area contributed by atoms with Crippen LogP contribution in [0.3, 0.4) is 0 Å². The number of fused-ring (bicyclic) bond motifs is 1. The van der Waals surface area contributed by atoms with Gasteiger partial charge >= 0.3 is 5.63 Å². The zero-order chi connectivity index (χ0) is 17.3. The lowest BCUT2D eigenvalue weighted by Crippen LogP contribution is -2.20. The van der Waals surface area contributed by atoms with Crippen molar-refractivity contribution in [1.29, 1.82) is 0 Å². The minimum absolute atomic E-state index is 0.0400. The van der Waals surface area contributed by atoms with E-state index in [0.717, 1.165) is 6.07 Å². The molecule has 0 spiro atoms. The zero-order valence-electron chi connectivity index (χ0n) is 12.5. The van der Waals surface area contributed by atoms with Crippen LogP contribution < -0.4 is 10.9 Å². The number of halogens is 1. The molecule has 0 saturated heterocycles. The number of para-hydroxylation sites is 1. The standard InChI is InChI=1S/C17H12FNO4S/c1-24(22)15-7-6-11(9-13(15)18)19-16(20)12-8-10-4-2-3-5-14(10)23-17(12)21/h2-9H,1H3,(H,19,20)/t24-/m1/s1. The van der Waals surface area contributed by atoms with Gasteiger partial charge in [-0.05, 0) is 30.3 Å². The molecule has 24 heavy (non-hydrogen) atoms. The fourth-order valence-corrected chi connectivity index (χ4v) is 2.82. The van der Waals surface area contributed by atoms with E-state index in [1.165, 1.54) is 24.5 Å². The first-order chi connectivity index (χ1) is 11.5. The fourth-order valence-electron chi connectivity index (χ4n) is 2.23. The third-order valence-corrected chi connectivity index (χ3v) is 4.34. The molecule has 1 amide bonds. The molecular weight excluding hydrogens is 333 g/mol. The summed E-state index contributed by atoms with van der Waals surface area (Å²) in [6.07, 6.45) is 1.36. The Morgan fingerprint density at radius 3 is 2.62 bits per heavy atom. The van der Waals surface area contributed by atoms with Gasteiger partial charge < -0.3 is 9.73 Å². The van der Waals surface area contributed by atoms with E-state index in [4.69, 9.17) is 4.42 Å². The van der Waals surface area contributed by atoms with Crippen LogP contribution in [0.25, 0.3) is 11.0 Å². The van der Waals surface area contributed by atoms with Crippen LogP contribution in [0, 0.1) is 5.82 Å². The summed E-state index contributed by atoms with van der Waals surface area (Å²) in [7, 11) is -1.47. The Morgan fingerprint density at radius 1 is 1.17 bits per heavy atom. The maximum absolute atomic E-state index is 13.8. The van der Waals surface area contributed by atoms with Crippen molar-refractivity contribution in [2.75, 3.05) is 11.6 Å². The van der Waals surface area contributed by atoms with Gasteiger partial charge in [0.1, 0.15) is 17.0 Å². The van der Waals surface area contributed by atoms with E-state index in [1.807, 2.05) is 0 Å². The Bertz CT molecular complexity index is 1030. The number of amides is 1. The van der Waals surface area contributed by atoms with Crippen molar-refractivity contribution >= 4 is 33.4 Å². The van der Waals surface area contributed by atoms with Crippen molar-refractivity contribution < 1.29 is 17.8 Å². The third-order valence-electron chi connectivity index (χ3n) is 3.39. The van der Waals surface area contributed by atoms with E-state index in [0.29, 0.717) is 11.0 Å². The Morgan fingerprint density at radius 2 is 1.92 bits per heavy atom. The van der Waals surface area contributed by atoms with Crippen molar-refractivity contribution in [3.63, 3.8) is 0 Å². The Hall–Kier alpha value is -2.80. The maximum atomic E-state index is 13.8. The highest BCUT2D eigenvalue weighted by Gasteiger charge is 2.15. The molecule has 0 bridgehead atoms. The summed E-state index contributed by atoms with van der Waals surface area (Å²) >= 11 is 0. The Kier molecular flexibility index (Phi) is 4.26. The highest BCUT2D eigenvalue weighted by atomic mass is 32.2. The van der Waals surface area contributed by atoms with Gasteiger partial charge in [0.25, 0.3) is 5.91 Å². The second kappa shape index (κ2) is 6.37. The maximum Gasteiger partial charge on any atom is 0.349 e. The second-order valence-electron chi connectivity index (χ2n) is 5.04. The molecule has 3 rings (SSSR count). The second-order valence-corrected chi connectivity index (χ2v) is 6.39. The number of benzene rings is 2. The van der Waals surface area contributed by atoms with Gasteiger partial charge in [-0.25, -0.2) is 9.18 Å². The van der Waals surface area contributed by atoms with Gasteiger partial charge in [0.15, 0.2) is 0 Å². The summed E-state index contributed by atoms with van der Waals surface area (Å²) in [5, 5.41) is 3.03. The molecule has 0 aliphatic rings. The molecule has 5 nitrogen and oxygen atoms in total. The average molecular weight is 345 g/mol. The molecule has 0 fully saturated rings. The number of carbonyl (C=O) groups is 1. The van der Waals surface area contributed by atoms with Crippen LogP contribution in [0.4, 0.5) is 10.1 Å². The predicted octanol–water partition coefficient (Wildman–Crippen LogP) is 2.92. The first-order valence-corrected chi connectivity index (χ1v) is 8.49. The van der Waals surface area contributed by atoms with E-state index in [2.05, 4.69) is 5.32 Å².